The summed E-state index contributed by atoms with van der Waals surface area (Å²) in [7, 11) is 0. The van der Waals surface area contributed by atoms with Crippen molar-refractivity contribution in [2.75, 3.05) is 12.3 Å². The van der Waals surface area contributed by atoms with Crippen LogP contribution in [0.4, 0.5) is 5.82 Å². The predicted octanol–water partition coefficient (Wildman–Crippen LogP) is 0.999. The quantitative estimate of drug-likeness (QED) is 0.534. The van der Waals surface area contributed by atoms with E-state index in [4.69, 9.17) is 22.0 Å². The second-order valence-corrected chi connectivity index (χ2v) is 4.88. The lowest BCUT2D eigenvalue weighted by Gasteiger charge is -2.04. The molecule has 0 saturated carbocycles. The van der Waals surface area contributed by atoms with Crippen LogP contribution in [0, 0.1) is 5.41 Å². The van der Waals surface area contributed by atoms with Gasteiger partial charge in [0.1, 0.15) is 11.3 Å². The SMILES string of the molecule is N=C(/C=C\N)c1ccc2c(c1)nc(N)c1cn(CCO)nc12. The van der Waals surface area contributed by atoms with Gasteiger partial charge < -0.3 is 22.0 Å². The lowest BCUT2D eigenvalue weighted by molar-refractivity contribution is 0.270. The third-order valence-corrected chi connectivity index (χ3v) is 3.43. The van der Waals surface area contributed by atoms with Gasteiger partial charge in [-0.1, -0.05) is 6.07 Å². The van der Waals surface area contributed by atoms with E-state index in [0.29, 0.717) is 29.2 Å². The van der Waals surface area contributed by atoms with Gasteiger partial charge in [0.05, 0.1) is 29.8 Å². The topological polar surface area (TPSA) is 127 Å². The van der Waals surface area contributed by atoms with Gasteiger partial charge in [-0.25, -0.2) is 4.98 Å². The Hall–Kier alpha value is -2.93. The number of aliphatic hydroxyl groups excluding tert-OH is 1. The lowest BCUT2D eigenvalue weighted by atomic mass is 10.1. The molecule has 22 heavy (non-hydrogen) atoms. The van der Waals surface area contributed by atoms with Gasteiger partial charge in [-0.2, -0.15) is 5.10 Å². The van der Waals surface area contributed by atoms with E-state index in [2.05, 4.69) is 10.1 Å². The highest BCUT2D eigenvalue weighted by Gasteiger charge is 2.11. The monoisotopic (exact) mass is 296 g/mol. The molecule has 7 nitrogen and oxygen atoms in total. The van der Waals surface area contributed by atoms with E-state index in [1.165, 1.54) is 12.3 Å². The van der Waals surface area contributed by atoms with Crippen molar-refractivity contribution in [3.8, 4) is 0 Å². The minimum Gasteiger partial charge on any atom is -0.405 e. The molecule has 0 bridgehead atoms. The smallest absolute Gasteiger partial charge is 0.135 e. The zero-order valence-electron chi connectivity index (χ0n) is 11.8. The Balaban J connectivity index is 2.22. The van der Waals surface area contributed by atoms with Gasteiger partial charge in [0.2, 0.25) is 0 Å². The molecule has 3 aromatic rings. The number of nitrogens with zero attached hydrogens (tertiary/aromatic N) is 3. The van der Waals surface area contributed by atoms with E-state index in [9.17, 15) is 0 Å². The van der Waals surface area contributed by atoms with Crippen molar-refractivity contribution in [3.05, 3.63) is 42.2 Å². The average molecular weight is 296 g/mol. The molecule has 0 unspecified atom stereocenters. The maximum atomic E-state index is 9.03. The number of hydrogen-bond donors (Lipinski definition) is 4. The molecule has 112 valence electrons. The first-order valence-corrected chi connectivity index (χ1v) is 6.78. The van der Waals surface area contributed by atoms with Crippen LogP contribution in [0.15, 0.2) is 36.7 Å². The molecule has 0 saturated heterocycles. The van der Waals surface area contributed by atoms with Crippen molar-refractivity contribution >= 4 is 33.3 Å². The number of aromatic nitrogens is 3. The summed E-state index contributed by atoms with van der Waals surface area (Å²) in [6.45, 7) is 0.408. The van der Waals surface area contributed by atoms with E-state index < -0.39 is 0 Å². The number of nitrogens with two attached hydrogens (primary N) is 2. The molecule has 2 heterocycles. The summed E-state index contributed by atoms with van der Waals surface area (Å²) in [5, 5.41) is 23.0. The van der Waals surface area contributed by atoms with Crippen molar-refractivity contribution < 1.29 is 5.11 Å². The van der Waals surface area contributed by atoms with E-state index in [1.807, 2.05) is 12.1 Å². The minimum absolute atomic E-state index is 0.00594. The van der Waals surface area contributed by atoms with Crippen LogP contribution in [0.25, 0.3) is 21.8 Å². The van der Waals surface area contributed by atoms with Gasteiger partial charge in [-0.3, -0.25) is 4.68 Å². The molecule has 3 rings (SSSR count). The first-order valence-electron chi connectivity index (χ1n) is 6.78. The van der Waals surface area contributed by atoms with Crippen LogP contribution in [-0.4, -0.2) is 32.2 Å². The number of anilines is 1. The molecule has 6 N–H and O–H groups in total. The lowest BCUT2D eigenvalue weighted by Crippen LogP contribution is -2.01. The molecule has 0 fully saturated rings. The van der Waals surface area contributed by atoms with Crippen LogP contribution in [0.2, 0.25) is 0 Å². The number of fused-ring (bicyclic) bond motifs is 3. The van der Waals surface area contributed by atoms with Crippen molar-refractivity contribution in [1.29, 1.82) is 5.41 Å². The number of rotatable bonds is 4. The molecule has 0 atom stereocenters. The van der Waals surface area contributed by atoms with Crippen molar-refractivity contribution in [3.63, 3.8) is 0 Å². The molecule has 2 aromatic heterocycles. The van der Waals surface area contributed by atoms with Gasteiger partial charge >= 0.3 is 0 Å². The molecule has 0 spiro atoms. The highest BCUT2D eigenvalue weighted by molar-refractivity contribution is 6.12. The maximum absolute atomic E-state index is 9.03. The fourth-order valence-corrected chi connectivity index (χ4v) is 2.40. The van der Waals surface area contributed by atoms with Gasteiger partial charge in [-0.05, 0) is 24.4 Å². The summed E-state index contributed by atoms with van der Waals surface area (Å²) in [4.78, 5) is 4.39. The zero-order valence-corrected chi connectivity index (χ0v) is 11.8. The maximum Gasteiger partial charge on any atom is 0.135 e. The first kappa shape index (κ1) is 14.0. The molecule has 0 radical (unpaired) electrons. The average Bonchev–Trinajstić information content (AvgIpc) is 2.92. The van der Waals surface area contributed by atoms with E-state index in [0.717, 1.165) is 16.3 Å². The van der Waals surface area contributed by atoms with Crippen LogP contribution >= 0.6 is 0 Å². The van der Waals surface area contributed by atoms with Crippen LogP contribution in [-0.2, 0) is 6.54 Å². The normalized spacial score (nSPS) is 11.7. The zero-order chi connectivity index (χ0) is 15.7. The largest absolute Gasteiger partial charge is 0.405 e. The molecule has 1 aromatic carbocycles. The van der Waals surface area contributed by atoms with Crippen LogP contribution in [0.1, 0.15) is 5.56 Å². The summed E-state index contributed by atoms with van der Waals surface area (Å²) in [5.74, 6) is 0.379. The van der Waals surface area contributed by atoms with E-state index in [-0.39, 0.29) is 6.61 Å². The van der Waals surface area contributed by atoms with Crippen LogP contribution < -0.4 is 11.5 Å². The Morgan fingerprint density at radius 2 is 2.18 bits per heavy atom. The summed E-state index contributed by atoms with van der Waals surface area (Å²) in [5.41, 5.74) is 13.7. The van der Waals surface area contributed by atoms with Crippen molar-refractivity contribution in [2.45, 2.75) is 6.54 Å². The fourth-order valence-electron chi connectivity index (χ4n) is 2.40. The molecule has 0 amide bonds. The highest BCUT2D eigenvalue weighted by atomic mass is 16.3. The molecule has 0 aliphatic rings. The number of nitrogen functional groups attached to an aromatic ring is 1. The summed E-state index contributed by atoms with van der Waals surface area (Å²) in [6.07, 6.45) is 4.62. The van der Waals surface area contributed by atoms with E-state index >= 15 is 0 Å². The van der Waals surface area contributed by atoms with E-state index in [1.54, 1.807) is 16.9 Å². The Labute approximate surface area is 126 Å². The van der Waals surface area contributed by atoms with Crippen LogP contribution in [0.5, 0.6) is 0 Å². The second kappa shape index (κ2) is 5.45. The van der Waals surface area contributed by atoms with Gasteiger partial charge in [0.15, 0.2) is 0 Å². The fraction of sp³-hybridized carbons (Fsp3) is 0.133. The third kappa shape index (κ3) is 2.27. The second-order valence-electron chi connectivity index (χ2n) is 4.88. The predicted molar refractivity (Wildman–Crippen MR) is 86.7 cm³/mol. The number of hydrogen-bond acceptors (Lipinski definition) is 6. The third-order valence-electron chi connectivity index (χ3n) is 3.43. The Kier molecular flexibility index (Phi) is 3.48. The minimum atomic E-state index is 0.00594. The molecular weight excluding hydrogens is 280 g/mol. The summed E-state index contributed by atoms with van der Waals surface area (Å²) in [6, 6.07) is 5.49. The van der Waals surface area contributed by atoms with Crippen molar-refractivity contribution in [1.82, 2.24) is 14.8 Å². The summed E-state index contributed by atoms with van der Waals surface area (Å²) >= 11 is 0. The Morgan fingerprint density at radius 1 is 1.36 bits per heavy atom. The first-order chi connectivity index (χ1) is 10.6. The van der Waals surface area contributed by atoms with Crippen LogP contribution in [0.3, 0.4) is 0 Å². The molecule has 0 aliphatic heterocycles. The molecule has 0 aliphatic carbocycles. The number of aliphatic hydroxyl groups is 1. The number of benzene rings is 1. The van der Waals surface area contributed by atoms with Gasteiger partial charge in [0.25, 0.3) is 0 Å². The molecule has 7 heteroatoms. The Bertz CT molecular complexity index is 896. The van der Waals surface area contributed by atoms with Gasteiger partial charge in [-0.15, -0.1) is 0 Å². The Morgan fingerprint density at radius 3 is 2.91 bits per heavy atom. The van der Waals surface area contributed by atoms with Gasteiger partial charge in [0, 0.05) is 17.1 Å². The standard InChI is InChI=1S/C15H16N6O/c16-4-3-12(17)9-1-2-10-13(7-9)19-15(18)11-8-21(5-6-22)20-14(10)11/h1-4,7-8,17,22H,5-6,16H2,(H2,18,19)/b4-3-,17-12?. The number of allylic oxidation sites excluding steroid dienone is 1. The summed E-state index contributed by atoms with van der Waals surface area (Å²) < 4.78 is 1.65. The number of nitrogens with one attached hydrogen (secondary N) is 1. The molecular formula is C15H16N6O. The van der Waals surface area contributed by atoms with Crippen molar-refractivity contribution in [2.24, 2.45) is 5.73 Å². The highest BCUT2D eigenvalue weighted by Crippen LogP contribution is 2.27. The number of pyridine rings is 1.